The monoisotopic (exact) mass is 303 g/mol. The number of amides is 2. The molecule has 0 bridgehead atoms. The lowest BCUT2D eigenvalue weighted by Gasteiger charge is -2.15. The van der Waals surface area contributed by atoms with Crippen LogP contribution < -0.4 is 0 Å². The van der Waals surface area contributed by atoms with E-state index in [0.717, 1.165) is 12.8 Å². The van der Waals surface area contributed by atoms with E-state index >= 15 is 0 Å². The summed E-state index contributed by atoms with van der Waals surface area (Å²) >= 11 is 0. The average molecular weight is 303 g/mol. The van der Waals surface area contributed by atoms with Gasteiger partial charge >= 0.3 is 0 Å². The molecule has 2 aliphatic rings. The molecule has 1 aliphatic carbocycles. The zero-order valence-corrected chi connectivity index (χ0v) is 14.3. The number of hydrogen-bond acceptors (Lipinski definition) is 2. The Morgan fingerprint density at radius 3 is 2.32 bits per heavy atom. The molecule has 3 nitrogen and oxygen atoms in total. The summed E-state index contributed by atoms with van der Waals surface area (Å²) in [5.41, 5.74) is 0. The minimum absolute atomic E-state index is 0.00997. The molecule has 0 aromatic carbocycles. The maximum atomic E-state index is 12.3. The van der Waals surface area contributed by atoms with Crippen molar-refractivity contribution in [1.82, 2.24) is 4.90 Å². The molecule has 1 aliphatic heterocycles. The highest BCUT2D eigenvalue weighted by atomic mass is 16.2. The zero-order valence-electron chi connectivity index (χ0n) is 14.3. The van der Waals surface area contributed by atoms with Crippen LogP contribution in [0.5, 0.6) is 0 Å². The van der Waals surface area contributed by atoms with E-state index in [1.165, 1.54) is 11.3 Å². The predicted molar refractivity (Wildman–Crippen MR) is 88.9 cm³/mol. The highest BCUT2D eigenvalue weighted by Crippen LogP contribution is 2.48. The van der Waals surface area contributed by atoms with Crippen molar-refractivity contribution >= 4 is 11.8 Å². The average Bonchev–Trinajstić information content (AvgIpc) is 2.91. The quantitative estimate of drug-likeness (QED) is 0.554. The van der Waals surface area contributed by atoms with Gasteiger partial charge in [0.25, 0.3) is 0 Å². The molecule has 1 heterocycles. The number of fused-ring (bicyclic) bond motifs is 1. The molecule has 1 saturated heterocycles. The van der Waals surface area contributed by atoms with E-state index in [0.29, 0.717) is 11.8 Å². The Labute approximate surface area is 134 Å². The van der Waals surface area contributed by atoms with E-state index in [-0.39, 0.29) is 35.5 Å². The first-order valence-electron chi connectivity index (χ1n) is 8.47. The number of rotatable bonds is 6. The summed E-state index contributed by atoms with van der Waals surface area (Å²) < 4.78 is 0. The first-order chi connectivity index (χ1) is 10.4. The molecule has 122 valence electrons. The summed E-state index contributed by atoms with van der Waals surface area (Å²) in [6, 6.07) is 0. The first-order valence-corrected chi connectivity index (χ1v) is 8.47. The normalized spacial score (nSPS) is 33.0. The van der Waals surface area contributed by atoms with E-state index in [4.69, 9.17) is 0 Å². The van der Waals surface area contributed by atoms with Crippen LogP contribution in [0.15, 0.2) is 24.8 Å². The smallest absolute Gasteiger partial charge is 0.233 e. The molecule has 1 saturated carbocycles. The standard InChI is InChI=1S/C19H29NO2/c1-6-14-11-15(9-7-8-13(4)10-12(2)3)17-16(14)18(21)20(5)19(17)22/h6-7,9,12-17H,1,8,10-11H2,2-5H3/b9-7+/t13?,14-,15+,16?,17-/m0/s1. The molecule has 0 aromatic rings. The summed E-state index contributed by atoms with van der Waals surface area (Å²) in [6.45, 7) is 10.6. The van der Waals surface area contributed by atoms with Gasteiger partial charge in [0.15, 0.2) is 0 Å². The fourth-order valence-electron chi connectivity index (χ4n) is 4.20. The molecule has 2 amide bonds. The van der Waals surface area contributed by atoms with Gasteiger partial charge in [0.2, 0.25) is 11.8 Å². The van der Waals surface area contributed by atoms with Gasteiger partial charge in [0, 0.05) is 7.05 Å². The van der Waals surface area contributed by atoms with E-state index in [1.54, 1.807) is 7.05 Å². The lowest BCUT2D eigenvalue weighted by Crippen LogP contribution is -2.29. The Morgan fingerprint density at radius 1 is 1.18 bits per heavy atom. The van der Waals surface area contributed by atoms with Crippen LogP contribution in [0.3, 0.4) is 0 Å². The Hall–Kier alpha value is -1.38. The molecule has 0 spiro atoms. The van der Waals surface area contributed by atoms with Crippen LogP contribution in [-0.2, 0) is 9.59 Å². The van der Waals surface area contributed by atoms with Gasteiger partial charge < -0.3 is 0 Å². The van der Waals surface area contributed by atoms with Crippen LogP contribution >= 0.6 is 0 Å². The summed E-state index contributed by atoms with van der Waals surface area (Å²) in [5.74, 6) is 1.30. The molecule has 0 N–H and O–H groups in total. The number of imide groups is 1. The Kier molecular flexibility index (Phi) is 5.25. The lowest BCUT2D eigenvalue weighted by atomic mass is 9.88. The Morgan fingerprint density at radius 2 is 1.77 bits per heavy atom. The number of carbonyl (C=O) groups is 2. The molecule has 2 unspecified atom stereocenters. The van der Waals surface area contributed by atoms with Crippen molar-refractivity contribution in [3.63, 3.8) is 0 Å². The molecule has 2 fully saturated rings. The van der Waals surface area contributed by atoms with Crippen LogP contribution in [0.2, 0.25) is 0 Å². The van der Waals surface area contributed by atoms with Crippen molar-refractivity contribution in [2.75, 3.05) is 7.05 Å². The molecule has 0 radical (unpaired) electrons. The summed E-state index contributed by atoms with van der Waals surface area (Å²) in [7, 11) is 1.61. The highest BCUT2D eigenvalue weighted by molar-refractivity contribution is 6.05. The second kappa shape index (κ2) is 6.80. The summed E-state index contributed by atoms with van der Waals surface area (Å²) in [4.78, 5) is 25.9. The number of likely N-dealkylation sites (tertiary alicyclic amines) is 1. The van der Waals surface area contributed by atoms with Gasteiger partial charge in [-0.25, -0.2) is 0 Å². The van der Waals surface area contributed by atoms with Gasteiger partial charge in [-0.3, -0.25) is 14.5 Å². The van der Waals surface area contributed by atoms with E-state index in [1.807, 2.05) is 6.08 Å². The third-order valence-corrected chi connectivity index (χ3v) is 5.18. The third-order valence-electron chi connectivity index (χ3n) is 5.18. The molecule has 5 atom stereocenters. The van der Waals surface area contributed by atoms with Crippen LogP contribution in [-0.4, -0.2) is 23.8 Å². The molecule has 22 heavy (non-hydrogen) atoms. The van der Waals surface area contributed by atoms with Crippen LogP contribution in [0.25, 0.3) is 0 Å². The van der Waals surface area contributed by atoms with Gasteiger partial charge in [-0.15, -0.1) is 6.58 Å². The SMILES string of the molecule is C=C[C@H]1C[C@@H](/C=C/CC(C)CC(C)C)[C@@H]2C(=O)N(C)C(=O)C21. The molecular weight excluding hydrogens is 274 g/mol. The molecule has 0 aromatic heterocycles. The van der Waals surface area contributed by atoms with Gasteiger partial charge in [-0.2, -0.15) is 0 Å². The van der Waals surface area contributed by atoms with Crippen molar-refractivity contribution in [2.45, 2.75) is 40.0 Å². The van der Waals surface area contributed by atoms with Gasteiger partial charge in [0.1, 0.15) is 0 Å². The molecular formula is C19H29NO2. The number of nitrogens with zero attached hydrogens (tertiary/aromatic N) is 1. The third kappa shape index (κ3) is 3.18. The maximum Gasteiger partial charge on any atom is 0.233 e. The maximum absolute atomic E-state index is 12.3. The van der Waals surface area contributed by atoms with Crippen LogP contribution in [0.4, 0.5) is 0 Å². The van der Waals surface area contributed by atoms with Crippen molar-refractivity contribution in [3.05, 3.63) is 24.8 Å². The number of carbonyl (C=O) groups excluding carboxylic acids is 2. The topological polar surface area (TPSA) is 37.4 Å². The van der Waals surface area contributed by atoms with Crippen LogP contribution in [0.1, 0.15) is 40.0 Å². The summed E-state index contributed by atoms with van der Waals surface area (Å²) in [6.07, 6.45) is 9.40. The lowest BCUT2D eigenvalue weighted by molar-refractivity contribution is -0.139. The second-order valence-electron chi connectivity index (χ2n) is 7.48. The fraction of sp³-hybridized carbons (Fsp3) is 0.684. The second-order valence-corrected chi connectivity index (χ2v) is 7.48. The van der Waals surface area contributed by atoms with Crippen molar-refractivity contribution in [1.29, 1.82) is 0 Å². The van der Waals surface area contributed by atoms with Crippen molar-refractivity contribution in [3.8, 4) is 0 Å². The van der Waals surface area contributed by atoms with E-state index in [2.05, 4.69) is 39.5 Å². The molecule has 3 heteroatoms. The van der Waals surface area contributed by atoms with Gasteiger partial charge in [-0.05, 0) is 42.9 Å². The van der Waals surface area contributed by atoms with Crippen LogP contribution in [0, 0.1) is 35.5 Å². The number of hydrogen-bond donors (Lipinski definition) is 0. The minimum Gasteiger partial charge on any atom is -0.285 e. The minimum atomic E-state index is -0.183. The Bertz CT molecular complexity index is 480. The van der Waals surface area contributed by atoms with E-state index < -0.39 is 0 Å². The molecule has 2 rings (SSSR count). The Balaban J connectivity index is 2.04. The number of allylic oxidation sites excluding steroid dienone is 3. The zero-order chi connectivity index (χ0) is 16.4. The first kappa shape index (κ1) is 17.0. The van der Waals surface area contributed by atoms with Crippen molar-refractivity contribution < 1.29 is 9.59 Å². The largest absolute Gasteiger partial charge is 0.285 e. The van der Waals surface area contributed by atoms with E-state index in [9.17, 15) is 9.59 Å². The van der Waals surface area contributed by atoms with Gasteiger partial charge in [0.05, 0.1) is 11.8 Å². The highest BCUT2D eigenvalue weighted by Gasteiger charge is 2.55. The van der Waals surface area contributed by atoms with Crippen molar-refractivity contribution in [2.24, 2.45) is 35.5 Å². The summed E-state index contributed by atoms with van der Waals surface area (Å²) in [5, 5.41) is 0. The van der Waals surface area contributed by atoms with Gasteiger partial charge in [-0.1, -0.05) is 39.0 Å². The predicted octanol–water partition coefficient (Wildman–Crippen LogP) is 3.67. The fourth-order valence-corrected chi connectivity index (χ4v) is 4.20.